The first kappa shape index (κ1) is 29.9. The fourth-order valence-electron chi connectivity index (χ4n) is 4.38. The number of nitrogens with zero attached hydrogens (tertiary/aromatic N) is 3. The van der Waals surface area contributed by atoms with Gasteiger partial charge in [-0.15, -0.1) is 0 Å². The predicted octanol–water partition coefficient (Wildman–Crippen LogP) is 4.27. The summed E-state index contributed by atoms with van der Waals surface area (Å²) < 4.78 is 78.2. The van der Waals surface area contributed by atoms with Crippen molar-refractivity contribution >= 4 is 15.7 Å². The van der Waals surface area contributed by atoms with Crippen molar-refractivity contribution < 1.29 is 35.9 Å². The van der Waals surface area contributed by atoms with E-state index < -0.39 is 27.5 Å². The van der Waals surface area contributed by atoms with Crippen LogP contribution in [-0.4, -0.2) is 55.0 Å². The molecule has 1 saturated heterocycles. The average Bonchev–Trinajstić information content (AvgIpc) is 3.41. The second kappa shape index (κ2) is 11.6. The summed E-state index contributed by atoms with van der Waals surface area (Å²) in [4.78, 5) is 17.6. The first-order chi connectivity index (χ1) is 17.6. The topological polar surface area (TPSA) is 91.9 Å². The number of sulfone groups is 1. The normalized spacial score (nSPS) is 17.3. The number of unbranched alkanes of at least 4 members (excludes halogenated alkanes) is 1. The van der Waals surface area contributed by atoms with Gasteiger partial charge in [-0.2, -0.15) is 18.2 Å². The van der Waals surface area contributed by atoms with Crippen molar-refractivity contribution in [3.8, 4) is 5.75 Å². The molecule has 0 spiro atoms. The maximum atomic E-state index is 13.5. The molecule has 1 aliphatic heterocycles. The van der Waals surface area contributed by atoms with Gasteiger partial charge in [0.15, 0.2) is 5.49 Å². The van der Waals surface area contributed by atoms with Crippen molar-refractivity contribution in [2.75, 3.05) is 25.2 Å². The Kier molecular flexibility index (Phi) is 9.18. The Balaban J connectivity index is 1.98. The van der Waals surface area contributed by atoms with Gasteiger partial charge in [0, 0.05) is 37.1 Å². The summed E-state index contributed by atoms with van der Waals surface area (Å²) in [6.07, 6.45) is -1.10. The van der Waals surface area contributed by atoms with Gasteiger partial charge in [0.25, 0.3) is 5.91 Å². The summed E-state index contributed by atoms with van der Waals surface area (Å²) in [7, 11) is -1.28. The number of hydrogen-bond donors (Lipinski definition) is 0. The SMILES string of the molecule is Cn1c(C(C)(C)C)c/c(=N\C(=O)c2cc(C(F)(F)F)ccc2OCCCCS(C)(=O)=O)n1C[C@H]1CCCO1. The molecule has 0 N–H and O–H groups in total. The number of halogens is 3. The number of amides is 1. The van der Waals surface area contributed by atoms with Crippen LogP contribution in [-0.2, 0) is 39.8 Å². The molecule has 0 saturated carbocycles. The zero-order valence-electron chi connectivity index (χ0n) is 22.5. The monoisotopic (exact) mass is 559 g/mol. The molecule has 1 aromatic heterocycles. The van der Waals surface area contributed by atoms with Gasteiger partial charge in [0.05, 0.1) is 36.1 Å². The van der Waals surface area contributed by atoms with Crippen molar-refractivity contribution in [1.82, 2.24) is 9.36 Å². The number of ether oxygens (including phenoxy) is 2. The largest absolute Gasteiger partial charge is 0.493 e. The molecule has 2 heterocycles. The van der Waals surface area contributed by atoms with Gasteiger partial charge in [0.2, 0.25) is 0 Å². The second-order valence-corrected chi connectivity index (χ2v) is 12.9. The minimum Gasteiger partial charge on any atom is -0.493 e. The number of benzene rings is 1. The highest BCUT2D eigenvalue weighted by Crippen LogP contribution is 2.33. The second-order valence-electron chi connectivity index (χ2n) is 10.7. The summed E-state index contributed by atoms with van der Waals surface area (Å²) in [5, 5.41) is 0. The molecule has 38 heavy (non-hydrogen) atoms. The molecule has 2 aromatic rings. The third kappa shape index (κ3) is 7.95. The third-order valence-electron chi connectivity index (χ3n) is 6.33. The summed E-state index contributed by atoms with van der Waals surface area (Å²) in [6.45, 7) is 7.21. The van der Waals surface area contributed by atoms with Crippen molar-refractivity contribution in [3.63, 3.8) is 0 Å². The van der Waals surface area contributed by atoms with E-state index in [0.717, 1.165) is 43.0 Å². The van der Waals surface area contributed by atoms with E-state index in [9.17, 15) is 26.4 Å². The van der Waals surface area contributed by atoms with E-state index in [2.05, 4.69) is 4.99 Å². The number of carbonyl (C=O) groups excluding carboxylic acids is 1. The van der Waals surface area contributed by atoms with Gasteiger partial charge in [-0.3, -0.25) is 14.2 Å². The van der Waals surface area contributed by atoms with E-state index in [1.165, 1.54) is 0 Å². The molecule has 12 heteroatoms. The first-order valence-electron chi connectivity index (χ1n) is 12.6. The fraction of sp³-hybridized carbons (Fsp3) is 0.615. The maximum Gasteiger partial charge on any atom is 0.416 e. The summed E-state index contributed by atoms with van der Waals surface area (Å²) >= 11 is 0. The molecule has 3 rings (SSSR count). The van der Waals surface area contributed by atoms with Crippen LogP contribution in [0.3, 0.4) is 0 Å². The Morgan fingerprint density at radius 2 is 1.89 bits per heavy atom. The minimum atomic E-state index is -4.66. The van der Waals surface area contributed by atoms with Crippen LogP contribution in [0.1, 0.15) is 68.1 Å². The zero-order valence-corrected chi connectivity index (χ0v) is 23.3. The predicted molar refractivity (Wildman–Crippen MR) is 137 cm³/mol. The summed E-state index contributed by atoms with van der Waals surface area (Å²) in [5.41, 5.74) is -0.368. The van der Waals surface area contributed by atoms with Crippen LogP contribution in [0.4, 0.5) is 13.2 Å². The van der Waals surface area contributed by atoms with Crippen molar-refractivity contribution in [2.24, 2.45) is 12.0 Å². The number of alkyl halides is 3. The van der Waals surface area contributed by atoms with Gasteiger partial charge < -0.3 is 9.47 Å². The summed E-state index contributed by atoms with van der Waals surface area (Å²) in [6, 6.07) is 4.47. The highest BCUT2D eigenvalue weighted by molar-refractivity contribution is 7.90. The van der Waals surface area contributed by atoms with Gasteiger partial charge >= 0.3 is 6.18 Å². The average molecular weight is 560 g/mol. The molecule has 0 aliphatic carbocycles. The molecule has 1 aliphatic rings. The molecule has 1 atom stereocenters. The van der Waals surface area contributed by atoms with Crippen molar-refractivity contribution in [1.29, 1.82) is 0 Å². The van der Waals surface area contributed by atoms with Gasteiger partial charge in [-0.1, -0.05) is 20.8 Å². The minimum absolute atomic E-state index is 0.0285. The van der Waals surface area contributed by atoms with E-state index >= 15 is 0 Å². The van der Waals surface area contributed by atoms with Crippen LogP contribution in [0.5, 0.6) is 5.75 Å². The molecule has 1 amide bonds. The lowest BCUT2D eigenvalue weighted by molar-refractivity contribution is -0.137. The number of carbonyl (C=O) groups is 1. The Hall–Kier alpha value is -2.60. The summed E-state index contributed by atoms with van der Waals surface area (Å²) in [5.74, 6) is -0.933. The van der Waals surface area contributed by atoms with E-state index in [-0.39, 0.29) is 35.2 Å². The number of rotatable bonds is 9. The Bertz CT molecular complexity index is 1320. The molecule has 8 nitrogen and oxygen atoms in total. The lowest BCUT2D eigenvalue weighted by Crippen LogP contribution is -2.30. The first-order valence-corrected chi connectivity index (χ1v) is 14.6. The molecular weight excluding hydrogens is 523 g/mol. The molecule has 212 valence electrons. The quantitative estimate of drug-likeness (QED) is 0.428. The zero-order chi connectivity index (χ0) is 28.3. The highest BCUT2D eigenvalue weighted by Gasteiger charge is 2.32. The van der Waals surface area contributed by atoms with Crippen LogP contribution < -0.4 is 10.2 Å². The molecular formula is C26H36F3N3O5S. The number of hydrogen-bond acceptors (Lipinski definition) is 5. The van der Waals surface area contributed by atoms with Crippen LogP contribution in [0.2, 0.25) is 0 Å². The van der Waals surface area contributed by atoms with Crippen molar-refractivity contribution in [3.05, 3.63) is 46.6 Å². The Labute approximate surface area is 221 Å². The number of aromatic nitrogens is 2. The lowest BCUT2D eigenvalue weighted by Gasteiger charge is -2.21. The lowest BCUT2D eigenvalue weighted by atomic mass is 9.92. The van der Waals surface area contributed by atoms with Crippen molar-refractivity contribution in [2.45, 2.75) is 70.7 Å². The van der Waals surface area contributed by atoms with Crippen LogP contribution in [0.15, 0.2) is 29.3 Å². The van der Waals surface area contributed by atoms with E-state index in [1.807, 2.05) is 37.2 Å². The Morgan fingerprint density at radius 1 is 1.18 bits per heavy atom. The third-order valence-corrected chi connectivity index (χ3v) is 7.36. The maximum absolute atomic E-state index is 13.5. The van der Waals surface area contributed by atoms with E-state index in [4.69, 9.17) is 9.47 Å². The Morgan fingerprint density at radius 3 is 2.47 bits per heavy atom. The molecule has 1 fully saturated rings. The van der Waals surface area contributed by atoms with Gasteiger partial charge in [-0.05, 0) is 43.9 Å². The van der Waals surface area contributed by atoms with Crippen LogP contribution in [0.25, 0.3) is 0 Å². The van der Waals surface area contributed by atoms with Crippen LogP contribution in [0, 0.1) is 0 Å². The smallest absolute Gasteiger partial charge is 0.416 e. The molecule has 0 bridgehead atoms. The fourth-order valence-corrected chi connectivity index (χ4v) is 5.10. The molecule has 1 aromatic carbocycles. The van der Waals surface area contributed by atoms with Gasteiger partial charge in [0.1, 0.15) is 15.6 Å². The van der Waals surface area contributed by atoms with Crippen LogP contribution >= 0.6 is 0 Å². The van der Waals surface area contributed by atoms with E-state index in [1.54, 1.807) is 6.07 Å². The molecule has 0 radical (unpaired) electrons. The van der Waals surface area contributed by atoms with Gasteiger partial charge in [-0.25, -0.2) is 8.42 Å². The molecule has 0 unspecified atom stereocenters. The van der Waals surface area contributed by atoms with E-state index in [0.29, 0.717) is 31.5 Å². The standard InChI is InChI=1S/C26H36F3N3O5S/c1-25(2,3)22-16-23(32(31(22)4)17-19-9-8-13-36-19)30-24(33)20-15-18(26(27,28)29)10-11-21(20)37-12-6-7-14-38(5,34)35/h10-11,15-16,19H,6-9,12-14,17H2,1-5H3/b30-23+/t19-/m1/s1. The highest BCUT2D eigenvalue weighted by atomic mass is 32.2.